The minimum Gasteiger partial charge on any atom is -0.476 e. The number of benzene rings is 1. The van der Waals surface area contributed by atoms with E-state index in [1.807, 2.05) is 0 Å². The number of carboxylic acid groups (broad SMARTS) is 1. The van der Waals surface area contributed by atoms with Gasteiger partial charge in [-0.2, -0.15) is 0 Å². The number of aromatic nitrogens is 3. The van der Waals surface area contributed by atoms with Crippen molar-refractivity contribution in [2.75, 3.05) is 23.0 Å². The second-order valence-corrected chi connectivity index (χ2v) is 7.99. The fourth-order valence-corrected chi connectivity index (χ4v) is 4.69. The third-order valence-corrected chi connectivity index (χ3v) is 5.88. The average molecular weight is 368 g/mol. The molecule has 2 heterocycles. The van der Waals surface area contributed by atoms with Crippen molar-refractivity contribution < 1.29 is 22.7 Å². The Kier molecular flexibility index (Phi) is 4.46. The first-order chi connectivity index (χ1) is 11.8. The van der Waals surface area contributed by atoms with Gasteiger partial charge in [0.05, 0.1) is 11.5 Å². The summed E-state index contributed by atoms with van der Waals surface area (Å²) in [5.74, 6) is -1.87. The fraction of sp³-hybridized carbons (Fsp3) is 0.400. The number of halogens is 1. The summed E-state index contributed by atoms with van der Waals surface area (Å²) in [5.41, 5.74) is -0.319. The Bertz CT molecular complexity index is 912. The molecule has 1 N–H and O–H groups in total. The third-order valence-electron chi connectivity index (χ3n) is 4.13. The van der Waals surface area contributed by atoms with E-state index >= 15 is 0 Å². The fourth-order valence-electron chi connectivity index (χ4n) is 2.95. The molecule has 0 spiro atoms. The van der Waals surface area contributed by atoms with Gasteiger partial charge in [0.25, 0.3) is 0 Å². The molecule has 1 unspecified atom stereocenters. The summed E-state index contributed by atoms with van der Waals surface area (Å²) in [6, 6.07) is 5.37. The highest BCUT2D eigenvalue weighted by molar-refractivity contribution is 7.91. The summed E-state index contributed by atoms with van der Waals surface area (Å²) >= 11 is 0. The first-order valence-corrected chi connectivity index (χ1v) is 9.57. The van der Waals surface area contributed by atoms with Crippen molar-refractivity contribution in [3.63, 3.8) is 0 Å². The Hall–Kier alpha value is -2.49. The molecule has 1 aromatic heterocycles. The van der Waals surface area contributed by atoms with E-state index in [1.165, 1.54) is 18.2 Å². The van der Waals surface area contributed by atoms with Gasteiger partial charge in [0.1, 0.15) is 5.69 Å². The van der Waals surface area contributed by atoms with E-state index in [4.69, 9.17) is 0 Å². The van der Waals surface area contributed by atoms with E-state index in [0.29, 0.717) is 13.0 Å². The lowest BCUT2D eigenvalue weighted by Gasteiger charge is -2.26. The number of aromatic carboxylic acids is 1. The number of para-hydroxylation sites is 1. The molecule has 134 valence electrons. The van der Waals surface area contributed by atoms with Crippen LogP contribution in [0.1, 0.15) is 23.8 Å². The molecule has 1 saturated heterocycles. The van der Waals surface area contributed by atoms with Crippen molar-refractivity contribution in [3.05, 3.63) is 35.8 Å². The molecule has 3 rings (SSSR count). The summed E-state index contributed by atoms with van der Waals surface area (Å²) < 4.78 is 37.5. The Morgan fingerprint density at radius 1 is 1.40 bits per heavy atom. The van der Waals surface area contributed by atoms with E-state index in [1.54, 1.807) is 17.9 Å². The van der Waals surface area contributed by atoms with Gasteiger partial charge in [0.2, 0.25) is 5.69 Å². The number of hydrogen-bond donors (Lipinski definition) is 1. The lowest BCUT2D eigenvalue weighted by Crippen LogP contribution is -2.37. The maximum atomic E-state index is 14.0. The molecule has 8 nitrogen and oxygen atoms in total. The number of sulfone groups is 1. The number of anilines is 1. The standard InChI is InChI=1S/C15H17FN4O4S/c1-2-19(10-7-8-25(23,24)9-10)14-13(15(21)22)17-20(18-14)12-6-4-3-5-11(12)16/h3-6,10H,2,7-9H2,1H3,(H,21,22). The van der Waals surface area contributed by atoms with E-state index in [9.17, 15) is 22.7 Å². The second-order valence-electron chi connectivity index (χ2n) is 5.76. The van der Waals surface area contributed by atoms with Crippen LogP contribution in [0, 0.1) is 5.82 Å². The SMILES string of the molecule is CCN(c1nn(-c2ccccc2F)nc1C(=O)O)C1CCS(=O)(=O)C1. The Morgan fingerprint density at radius 2 is 2.12 bits per heavy atom. The van der Waals surface area contributed by atoms with Gasteiger partial charge in [0.15, 0.2) is 21.5 Å². The van der Waals surface area contributed by atoms with Crippen molar-refractivity contribution in [1.29, 1.82) is 0 Å². The zero-order valence-electron chi connectivity index (χ0n) is 13.5. The van der Waals surface area contributed by atoms with Crippen LogP contribution in [0.3, 0.4) is 0 Å². The molecule has 0 bridgehead atoms. The topological polar surface area (TPSA) is 105 Å². The Labute approximate surface area is 143 Å². The summed E-state index contributed by atoms with van der Waals surface area (Å²) in [5, 5.41) is 17.5. The molecule has 1 aliphatic rings. The summed E-state index contributed by atoms with van der Waals surface area (Å²) in [7, 11) is -3.15. The molecular formula is C15H17FN4O4S. The van der Waals surface area contributed by atoms with Crippen LogP contribution in [0.15, 0.2) is 24.3 Å². The van der Waals surface area contributed by atoms with Crippen LogP contribution < -0.4 is 4.90 Å². The first-order valence-electron chi connectivity index (χ1n) is 7.75. The van der Waals surface area contributed by atoms with Crippen molar-refractivity contribution in [2.45, 2.75) is 19.4 Å². The van der Waals surface area contributed by atoms with Gasteiger partial charge in [-0.05, 0) is 25.5 Å². The molecule has 1 atom stereocenters. The number of rotatable bonds is 5. The lowest BCUT2D eigenvalue weighted by atomic mass is 10.2. The quantitative estimate of drug-likeness (QED) is 0.843. The van der Waals surface area contributed by atoms with Crippen molar-refractivity contribution in [2.24, 2.45) is 0 Å². The molecule has 1 aliphatic heterocycles. The summed E-state index contributed by atoms with van der Waals surface area (Å²) in [6.45, 7) is 2.13. The molecular weight excluding hydrogens is 351 g/mol. The molecule has 10 heteroatoms. The van der Waals surface area contributed by atoms with Crippen LogP contribution in [0.2, 0.25) is 0 Å². The molecule has 0 amide bonds. The third kappa shape index (κ3) is 3.34. The predicted octanol–water partition coefficient (Wildman–Crippen LogP) is 1.12. The molecule has 2 aromatic rings. The molecule has 0 saturated carbocycles. The zero-order valence-corrected chi connectivity index (χ0v) is 14.3. The van der Waals surface area contributed by atoms with Gasteiger partial charge >= 0.3 is 5.97 Å². The van der Waals surface area contributed by atoms with Crippen LogP contribution in [-0.4, -0.2) is 58.6 Å². The second kappa shape index (κ2) is 6.43. The van der Waals surface area contributed by atoms with Gasteiger partial charge in [-0.15, -0.1) is 15.0 Å². The van der Waals surface area contributed by atoms with Crippen LogP contribution in [0.25, 0.3) is 5.69 Å². The maximum absolute atomic E-state index is 14.0. The van der Waals surface area contributed by atoms with Gasteiger partial charge < -0.3 is 10.0 Å². The molecule has 1 aromatic carbocycles. The van der Waals surface area contributed by atoms with Gasteiger partial charge in [0, 0.05) is 12.6 Å². The monoisotopic (exact) mass is 368 g/mol. The smallest absolute Gasteiger partial charge is 0.360 e. The van der Waals surface area contributed by atoms with Crippen LogP contribution in [-0.2, 0) is 9.84 Å². The minimum absolute atomic E-state index is 0.0198. The molecule has 25 heavy (non-hydrogen) atoms. The van der Waals surface area contributed by atoms with Crippen molar-refractivity contribution >= 4 is 21.6 Å². The number of carboxylic acids is 1. The molecule has 0 radical (unpaired) electrons. The normalized spacial score (nSPS) is 19.0. The van der Waals surface area contributed by atoms with Gasteiger partial charge in [-0.3, -0.25) is 0 Å². The van der Waals surface area contributed by atoms with Crippen LogP contribution in [0.5, 0.6) is 0 Å². The Balaban J connectivity index is 2.05. The van der Waals surface area contributed by atoms with Crippen molar-refractivity contribution in [1.82, 2.24) is 15.0 Å². The van der Waals surface area contributed by atoms with E-state index in [2.05, 4.69) is 10.2 Å². The molecule has 0 aliphatic carbocycles. The highest BCUT2D eigenvalue weighted by atomic mass is 32.2. The first kappa shape index (κ1) is 17.3. The zero-order chi connectivity index (χ0) is 18.2. The lowest BCUT2D eigenvalue weighted by molar-refractivity contribution is 0.0690. The number of hydrogen-bond acceptors (Lipinski definition) is 6. The molecule has 1 fully saturated rings. The highest BCUT2D eigenvalue weighted by Crippen LogP contribution is 2.26. The van der Waals surface area contributed by atoms with Gasteiger partial charge in [-0.1, -0.05) is 12.1 Å². The number of nitrogens with zero attached hydrogens (tertiary/aromatic N) is 4. The van der Waals surface area contributed by atoms with Crippen LogP contribution in [0.4, 0.5) is 10.2 Å². The number of carbonyl (C=O) groups is 1. The highest BCUT2D eigenvalue weighted by Gasteiger charge is 2.35. The average Bonchev–Trinajstić information content (AvgIpc) is 3.13. The van der Waals surface area contributed by atoms with E-state index in [-0.39, 0.29) is 34.7 Å². The minimum atomic E-state index is -3.15. The van der Waals surface area contributed by atoms with E-state index in [0.717, 1.165) is 4.80 Å². The largest absolute Gasteiger partial charge is 0.476 e. The van der Waals surface area contributed by atoms with Gasteiger partial charge in [-0.25, -0.2) is 17.6 Å². The Morgan fingerprint density at radius 3 is 2.68 bits per heavy atom. The van der Waals surface area contributed by atoms with Crippen molar-refractivity contribution in [3.8, 4) is 5.69 Å². The summed E-state index contributed by atoms with van der Waals surface area (Å²) in [6.07, 6.45) is 0.391. The van der Waals surface area contributed by atoms with Crippen LogP contribution >= 0.6 is 0 Å². The maximum Gasteiger partial charge on any atom is 0.360 e. The van der Waals surface area contributed by atoms with E-state index < -0.39 is 21.6 Å². The predicted molar refractivity (Wildman–Crippen MR) is 88.4 cm³/mol. The summed E-state index contributed by atoms with van der Waals surface area (Å²) in [4.78, 5) is 14.1.